The zero-order valence-corrected chi connectivity index (χ0v) is 12.0. The van der Waals surface area contributed by atoms with E-state index in [1.807, 2.05) is 24.8 Å². The van der Waals surface area contributed by atoms with Crippen LogP contribution in [0.15, 0.2) is 18.2 Å². The Balaban J connectivity index is 3.00. The first-order valence-electron chi connectivity index (χ1n) is 6.57. The number of carboxylic acids is 1. The number of benzene rings is 1. The lowest BCUT2D eigenvalue weighted by atomic mass is 10.1. The summed E-state index contributed by atoms with van der Waals surface area (Å²) in [5.41, 5.74) is 1.49. The highest BCUT2D eigenvalue weighted by atomic mass is 16.6. The van der Waals surface area contributed by atoms with E-state index in [0.717, 1.165) is 5.69 Å². The largest absolute Gasteiger partial charge is 0.481 e. The predicted molar refractivity (Wildman–Crippen MR) is 77.2 cm³/mol. The summed E-state index contributed by atoms with van der Waals surface area (Å²) in [6.07, 6.45) is 0.604. The van der Waals surface area contributed by atoms with E-state index in [1.165, 1.54) is 6.07 Å². The topological polar surface area (TPSA) is 83.7 Å². The molecule has 0 unspecified atom stereocenters. The van der Waals surface area contributed by atoms with Crippen LogP contribution in [0.5, 0.6) is 0 Å². The van der Waals surface area contributed by atoms with Crippen LogP contribution in [0, 0.1) is 17.0 Å². The number of aliphatic carboxylic acids is 1. The lowest BCUT2D eigenvalue weighted by molar-refractivity contribution is -0.385. The van der Waals surface area contributed by atoms with Gasteiger partial charge in [0.1, 0.15) is 0 Å². The summed E-state index contributed by atoms with van der Waals surface area (Å²) in [6.45, 7) is 6.25. The van der Waals surface area contributed by atoms with Crippen molar-refractivity contribution in [3.8, 4) is 0 Å². The van der Waals surface area contributed by atoms with Crippen LogP contribution in [0.1, 0.15) is 32.3 Å². The van der Waals surface area contributed by atoms with Gasteiger partial charge in [0.15, 0.2) is 0 Å². The normalized spacial score (nSPS) is 10.6. The third-order valence-electron chi connectivity index (χ3n) is 3.20. The number of hydrogen-bond donors (Lipinski definition) is 1. The maximum absolute atomic E-state index is 11.0. The van der Waals surface area contributed by atoms with Crippen molar-refractivity contribution in [1.82, 2.24) is 0 Å². The third kappa shape index (κ3) is 3.94. The van der Waals surface area contributed by atoms with Crippen LogP contribution in [0.2, 0.25) is 0 Å². The van der Waals surface area contributed by atoms with Gasteiger partial charge >= 0.3 is 5.97 Å². The van der Waals surface area contributed by atoms with E-state index < -0.39 is 10.9 Å². The number of nitro groups is 1. The Labute approximate surface area is 118 Å². The van der Waals surface area contributed by atoms with Crippen LogP contribution in [0.25, 0.3) is 0 Å². The molecule has 0 radical (unpaired) electrons. The second-order valence-electron chi connectivity index (χ2n) is 4.96. The number of carboxylic acid groups (broad SMARTS) is 1. The minimum absolute atomic E-state index is 0.0892. The van der Waals surface area contributed by atoms with E-state index in [4.69, 9.17) is 5.11 Å². The van der Waals surface area contributed by atoms with E-state index in [1.54, 1.807) is 13.0 Å². The molecule has 6 nitrogen and oxygen atoms in total. The van der Waals surface area contributed by atoms with Crippen LogP contribution in [-0.2, 0) is 4.79 Å². The van der Waals surface area contributed by atoms with Crippen LogP contribution in [-0.4, -0.2) is 28.6 Å². The van der Waals surface area contributed by atoms with Crippen LogP contribution >= 0.6 is 0 Å². The molecule has 20 heavy (non-hydrogen) atoms. The molecule has 0 aliphatic rings. The van der Waals surface area contributed by atoms with Crippen molar-refractivity contribution in [1.29, 1.82) is 0 Å². The lowest BCUT2D eigenvalue weighted by Gasteiger charge is -2.30. The Kier molecular flexibility index (Phi) is 5.49. The fourth-order valence-corrected chi connectivity index (χ4v) is 2.18. The van der Waals surface area contributed by atoms with Crippen molar-refractivity contribution in [2.45, 2.75) is 39.7 Å². The second-order valence-corrected chi connectivity index (χ2v) is 4.96. The summed E-state index contributed by atoms with van der Waals surface area (Å²) in [5, 5.41) is 19.7. The smallest absolute Gasteiger partial charge is 0.303 e. The molecule has 110 valence electrons. The standard InChI is InChI=1S/C14H20N2O4/c1-10(2)15(9-5-8-14(17)18)12-6-4-7-13(11(12)3)16(19)20/h4,6-7,10H,5,8-9H2,1-3H3,(H,17,18). The predicted octanol–water partition coefficient (Wildman–Crippen LogP) is 2.98. The molecule has 0 spiro atoms. The van der Waals surface area contributed by atoms with Crippen molar-refractivity contribution in [2.24, 2.45) is 0 Å². The Bertz CT molecular complexity index is 500. The maximum atomic E-state index is 11.0. The molecule has 1 aromatic rings. The molecule has 0 aliphatic carbocycles. The minimum Gasteiger partial charge on any atom is -0.481 e. The summed E-state index contributed by atoms with van der Waals surface area (Å²) < 4.78 is 0. The summed E-state index contributed by atoms with van der Waals surface area (Å²) in [4.78, 5) is 23.2. The molecule has 0 saturated carbocycles. The highest BCUT2D eigenvalue weighted by Crippen LogP contribution is 2.29. The van der Waals surface area contributed by atoms with Gasteiger partial charge in [0.05, 0.1) is 10.5 Å². The highest BCUT2D eigenvalue weighted by molar-refractivity contribution is 5.67. The van der Waals surface area contributed by atoms with Gasteiger partial charge in [-0.05, 0) is 33.3 Å². The van der Waals surface area contributed by atoms with E-state index in [9.17, 15) is 14.9 Å². The fraction of sp³-hybridized carbons (Fsp3) is 0.500. The molecule has 0 saturated heterocycles. The van der Waals surface area contributed by atoms with Gasteiger partial charge in [-0.3, -0.25) is 14.9 Å². The first kappa shape index (κ1) is 15.9. The molecule has 0 amide bonds. The lowest BCUT2D eigenvalue weighted by Crippen LogP contribution is -2.32. The molecule has 1 aromatic carbocycles. The molecular weight excluding hydrogens is 260 g/mol. The zero-order valence-electron chi connectivity index (χ0n) is 12.0. The highest BCUT2D eigenvalue weighted by Gasteiger charge is 2.19. The SMILES string of the molecule is Cc1c(N(CCCC(=O)O)C(C)C)cccc1[N+](=O)[O-]. The van der Waals surface area contributed by atoms with Gasteiger partial charge in [-0.2, -0.15) is 0 Å². The number of anilines is 1. The molecule has 0 aromatic heterocycles. The van der Waals surface area contributed by atoms with Gasteiger partial charge in [0, 0.05) is 30.8 Å². The first-order chi connectivity index (χ1) is 9.34. The Hall–Kier alpha value is -2.11. The van der Waals surface area contributed by atoms with Crippen LogP contribution < -0.4 is 4.90 Å². The monoisotopic (exact) mass is 280 g/mol. The molecule has 0 aliphatic heterocycles. The molecule has 1 N–H and O–H groups in total. The maximum Gasteiger partial charge on any atom is 0.303 e. The number of hydrogen-bond acceptors (Lipinski definition) is 4. The minimum atomic E-state index is -0.829. The van der Waals surface area contributed by atoms with Gasteiger partial charge in [-0.25, -0.2) is 0 Å². The molecule has 0 fully saturated rings. The Morgan fingerprint density at radius 3 is 2.60 bits per heavy atom. The first-order valence-corrected chi connectivity index (χ1v) is 6.57. The second kappa shape index (κ2) is 6.88. The van der Waals surface area contributed by atoms with E-state index in [0.29, 0.717) is 18.5 Å². The van der Waals surface area contributed by atoms with Crippen LogP contribution in [0.4, 0.5) is 11.4 Å². The van der Waals surface area contributed by atoms with E-state index in [-0.39, 0.29) is 18.2 Å². The van der Waals surface area contributed by atoms with Gasteiger partial charge < -0.3 is 10.0 Å². The summed E-state index contributed by atoms with van der Waals surface area (Å²) >= 11 is 0. The van der Waals surface area contributed by atoms with Crippen molar-refractivity contribution >= 4 is 17.3 Å². The molecule has 0 heterocycles. The quantitative estimate of drug-likeness (QED) is 0.613. The summed E-state index contributed by atoms with van der Waals surface area (Å²) in [7, 11) is 0. The molecule has 1 rings (SSSR count). The van der Waals surface area contributed by atoms with Gasteiger partial charge in [-0.1, -0.05) is 6.07 Å². The Morgan fingerprint density at radius 2 is 2.10 bits per heavy atom. The van der Waals surface area contributed by atoms with Crippen molar-refractivity contribution in [2.75, 3.05) is 11.4 Å². The van der Waals surface area contributed by atoms with E-state index >= 15 is 0 Å². The number of rotatable bonds is 7. The van der Waals surface area contributed by atoms with Gasteiger partial charge in [0.2, 0.25) is 0 Å². The average molecular weight is 280 g/mol. The van der Waals surface area contributed by atoms with Crippen LogP contribution in [0.3, 0.4) is 0 Å². The summed E-state index contributed by atoms with van der Waals surface area (Å²) in [6, 6.07) is 5.12. The molecular formula is C14H20N2O4. The van der Waals surface area contributed by atoms with Crippen molar-refractivity contribution in [3.63, 3.8) is 0 Å². The van der Waals surface area contributed by atoms with Crippen molar-refractivity contribution in [3.05, 3.63) is 33.9 Å². The number of nitrogens with zero attached hydrogens (tertiary/aromatic N) is 2. The van der Waals surface area contributed by atoms with E-state index in [2.05, 4.69) is 0 Å². The van der Waals surface area contributed by atoms with Gasteiger partial charge in [0.25, 0.3) is 5.69 Å². The van der Waals surface area contributed by atoms with Gasteiger partial charge in [-0.15, -0.1) is 0 Å². The fourth-order valence-electron chi connectivity index (χ4n) is 2.18. The zero-order chi connectivity index (χ0) is 15.3. The average Bonchev–Trinajstić information content (AvgIpc) is 2.34. The third-order valence-corrected chi connectivity index (χ3v) is 3.20. The molecule has 0 atom stereocenters. The molecule has 6 heteroatoms. The number of carbonyl (C=O) groups is 1. The number of nitro benzene ring substituents is 1. The summed E-state index contributed by atoms with van der Waals surface area (Å²) in [5.74, 6) is -0.829. The van der Waals surface area contributed by atoms with Crippen molar-refractivity contribution < 1.29 is 14.8 Å². The Morgan fingerprint density at radius 1 is 1.45 bits per heavy atom. The molecule has 0 bridgehead atoms.